The third-order valence-corrected chi connectivity index (χ3v) is 3.93. The van der Waals surface area contributed by atoms with Crippen molar-refractivity contribution in [2.24, 2.45) is 11.3 Å². The zero-order valence-corrected chi connectivity index (χ0v) is 12.2. The van der Waals surface area contributed by atoms with Crippen molar-refractivity contribution in [3.05, 3.63) is 34.9 Å². The molecule has 0 unspecified atom stereocenters. The summed E-state index contributed by atoms with van der Waals surface area (Å²) in [6, 6.07) is 8.05. The van der Waals surface area contributed by atoms with Gasteiger partial charge in [0.15, 0.2) is 0 Å². The van der Waals surface area contributed by atoms with E-state index in [-0.39, 0.29) is 0 Å². The highest BCUT2D eigenvalue weighted by Crippen LogP contribution is 2.24. The van der Waals surface area contributed by atoms with Crippen LogP contribution in [0.2, 0.25) is 0 Å². The third-order valence-electron chi connectivity index (χ3n) is 3.93. The molecule has 2 heteroatoms. The Morgan fingerprint density at radius 3 is 2.50 bits per heavy atom. The highest BCUT2D eigenvalue weighted by atomic mass is 14.9. The Kier molecular flexibility index (Phi) is 4.93. The van der Waals surface area contributed by atoms with Crippen LogP contribution in [0.5, 0.6) is 0 Å². The summed E-state index contributed by atoms with van der Waals surface area (Å²) in [5.41, 5.74) is 3.50. The zero-order valence-electron chi connectivity index (χ0n) is 12.2. The van der Waals surface area contributed by atoms with Gasteiger partial charge in [0.25, 0.3) is 0 Å². The molecule has 0 spiro atoms. The summed E-state index contributed by atoms with van der Waals surface area (Å²) in [4.78, 5) is 0. The fourth-order valence-electron chi connectivity index (χ4n) is 1.69. The van der Waals surface area contributed by atoms with Crippen LogP contribution in [0.15, 0.2) is 18.2 Å². The lowest BCUT2D eigenvalue weighted by Crippen LogP contribution is -2.33. The summed E-state index contributed by atoms with van der Waals surface area (Å²) in [6.45, 7) is 13.0. The van der Waals surface area contributed by atoms with Gasteiger partial charge in [-0.2, -0.15) is 5.26 Å². The van der Waals surface area contributed by atoms with Crippen LogP contribution in [-0.4, -0.2) is 6.54 Å². The van der Waals surface area contributed by atoms with E-state index in [1.54, 1.807) is 0 Å². The predicted octanol–water partition coefficient (Wildman–Crippen LogP) is 3.64. The molecule has 18 heavy (non-hydrogen) atoms. The number of nitriles is 1. The summed E-state index contributed by atoms with van der Waals surface area (Å²) < 4.78 is 0. The molecule has 0 radical (unpaired) electrons. The van der Waals surface area contributed by atoms with E-state index in [2.05, 4.69) is 46.0 Å². The van der Waals surface area contributed by atoms with Crippen LogP contribution in [0.25, 0.3) is 0 Å². The average Bonchev–Trinajstić information content (AvgIpc) is 2.30. The zero-order chi connectivity index (χ0) is 13.8. The first-order valence-corrected chi connectivity index (χ1v) is 6.57. The lowest BCUT2D eigenvalue weighted by molar-refractivity contribution is 0.238. The first-order chi connectivity index (χ1) is 8.36. The molecule has 1 aromatic carbocycles. The summed E-state index contributed by atoms with van der Waals surface area (Å²) in [5, 5.41) is 12.3. The van der Waals surface area contributed by atoms with Crippen LogP contribution < -0.4 is 5.32 Å². The molecule has 0 fully saturated rings. The van der Waals surface area contributed by atoms with Crippen molar-refractivity contribution in [3.63, 3.8) is 0 Å². The van der Waals surface area contributed by atoms with Gasteiger partial charge in [-0.05, 0) is 41.5 Å². The molecule has 0 saturated heterocycles. The first kappa shape index (κ1) is 14.7. The first-order valence-electron chi connectivity index (χ1n) is 6.57. The maximum atomic E-state index is 8.83. The van der Waals surface area contributed by atoms with Crippen molar-refractivity contribution in [1.82, 2.24) is 5.32 Å². The summed E-state index contributed by atoms with van der Waals surface area (Å²) in [6.07, 6.45) is 0. The molecule has 98 valence electrons. The fourth-order valence-corrected chi connectivity index (χ4v) is 1.69. The molecule has 0 atom stereocenters. The fraction of sp³-hybridized carbons (Fsp3) is 0.562. The SMILES string of the molecule is Cc1cc(C#N)ccc1CNCC(C)(C)C(C)C. The maximum absolute atomic E-state index is 8.83. The van der Waals surface area contributed by atoms with Gasteiger partial charge in [-0.3, -0.25) is 0 Å². The van der Waals surface area contributed by atoms with Crippen LogP contribution in [-0.2, 0) is 6.54 Å². The summed E-state index contributed by atoms with van der Waals surface area (Å²) in [7, 11) is 0. The average molecular weight is 244 g/mol. The second-order valence-corrected chi connectivity index (χ2v) is 6.00. The molecular formula is C16H24N2. The number of nitrogens with one attached hydrogen (secondary N) is 1. The van der Waals surface area contributed by atoms with Crippen molar-refractivity contribution in [2.45, 2.75) is 41.2 Å². The van der Waals surface area contributed by atoms with Crippen molar-refractivity contribution < 1.29 is 0 Å². The Morgan fingerprint density at radius 2 is 2.00 bits per heavy atom. The molecule has 0 aliphatic rings. The second-order valence-electron chi connectivity index (χ2n) is 6.00. The quantitative estimate of drug-likeness (QED) is 0.858. The molecule has 0 bridgehead atoms. The van der Waals surface area contributed by atoms with Gasteiger partial charge in [-0.25, -0.2) is 0 Å². The van der Waals surface area contributed by atoms with E-state index in [0.717, 1.165) is 18.7 Å². The molecule has 0 aromatic heterocycles. The van der Waals surface area contributed by atoms with Gasteiger partial charge >= 0.3 is 0 Å². The smallest absolute Gasteiger partial charge is 0.0991 e. The van der Waals surface area contributed by atoms with Crippen LogP contribution in [0.3, 0.4) is 0 Å². The minimum atomic E-state index is 0.306. The Labute approximate surface area is 111 Å². The number of aryl methyl sites for hydroxylation is 1. The highest BCUT2D eigenvalue weighted by Gasteiger charge is 2.21. The van der Waals surface area contributed by atoms with Gasteiger partial charge in [-0.1, -0.05) is 33.8 Å². The third kappa shape index (κ3) is 3.85. The van der Waals surface area contributed by atoms with Crippen molar-refractivity contribution in [1.29, 1.82) is 5.26 Å². The lowest BCUT2D eigenvalue weighted by Gasteiger charge is -2.29. The molecule has 2 nitrogen and oxygen atoms in total. The van der Waals surface area contributed by atoms with Crippen LogP contribution >= 0.6 is 0 Å². The largest absolute Gasteiger partial charge is 0.312 e. The van der Waals surface area contributed by atoms with Crippen LogP contribution in [0.1, 0.15) is 44.4 Å². The molecule has 0 heterocycles. The lowest BCUT2D eigenvalue weighted by atomic mass is 9.81. The van der Waals surface area contributed by atoms with Gasteiger partial charge in [0.2, 0.25) is 0 Å². The number of hydrogen-bond acceptors (Lipinski definition) is 2. The van der Waals surface area contributed by atoms with Crippen molar-refractivity contribution in [2.75, 3.05) is 6.54 Å². The molecule has 1 N–H and O–H groups in total. The minimum Gasteiger partial charge on any atom is -0.312 e. The normalized spacial score (nSPS) is 11.6. The number of rotatable bonds is 5. The van der Waals surface area contributed by atoms with E-state index >= 15 is 0 Å². The molecular weight excluding hydrogens is 220 g/mol. The van der Waals surface area contributed by atoms with Gasteiger partial charge in [0, 0.05) is 13.1 Å². The number of hydrogen-bond donors (Lipinski definition) is 1. The molecule has 0 saturated carbocycles. The Morgan fingerprint density at radius 1 is 1.33 bits per heavy atom. The predicted molar refractivity (Wildman–Crippen MR) is 76.2 cm³/mol. The Balaban J connectivity index is 2.58. The van der Waals surface area contributed by atoms with E-state index in [1.165, 1.54) is 11.1 Å². The van der Waals surface area contributed by atoms with Gasteiger partial charge < -0.3 is 5.32 Å². The van der Waals surface area contributed by atoms with Crippen LogP contribution in [0.4, 0.5) is 0 Å². The number of nitrogens with zero attached hydrogens (tertiary/aromatic N) is 1. The van der Waals surface area contributed by atoms with Crippen LogP contribution in [0, 0.1) is 29.6 Å². The molecule has 1 rings (SSSR count). The second kappa shape index (κ2) is 6.02. The van der Waals surface area contributed by atoms with E-state index in [1.807, 2.05) is 18.2 Å². The molecule has 0 amide bonds. The molecule has 1 aromatic rings. The Hall–Kier alpha value is -1.33. The minimum absolute atomic E-state index is 0.306. The topological polar surface area (TPSA) is 35.8 Å². The van der Waals surface area contributed by atoms with Gasteiger partial charge in [0.05, 0.1) is 11.6 Å². The molecule has 0 aliphatic heterocycles. The summed E-state index contributed by atoms with van der Waals surface area (Å²) in [5.74, 6) is 0.659. The Bertz CT molecular complexity index is 439. The highest BCUT2D eigenvalue weighted by molar-refractivity contribution is 5.37. The summed E-state index contributed by atoms with van der Waals surface area (Å²) >= 11 is 0. The van der Waals surface area contributed by atoms with Gasteiger partial charge in [-0.15, -0.1) is 0 Å². The monoisotopic (exact) mass is 244 g/mol. The van der Waals surface area contributed by atoms with Gasteiger partial charge in [0.1, 0.15) is 0 Å². The van der Waals surface area contributed by atoms with Crippen molar-refractivity contribution in [3.8, 4) is 6.07 Å². The maximum Gasteiger partial charge on any atom is 0.0991 e. The van der Waals surface area contributed by atoms with E-state index in [0.29, 0.717) is 11.3 Å². The van der Waals surface area contributed by atoms with E-state index < -0.39 is 0 Å². The van der Waals surface area contributed by atoms with Crippen molar-refractivity contribution >= 4 is 0 Å². The molecule has 0 aliphatic carbocycles. The van der Waals surface area contributed by atoms with E-state index in [9.17, 15) is 0 Å². The van der Waals surface area contributed by atoms with E-state index in [4.69, 9.17) is 5.26 Å². The number of benzene rings is 1. The standard InChI is InChI=1S/C16H24N2/c1-12(2)16(4,5)11-18-10-15-7-6-14(9-17)8-13(15)3/h6-8,12,18H,10-11H2,1-5H3.